The maximum absolute atomic E-state index is 12.9. The highest BCUT2D eigenvalue weighted by Gasteiger charge is 2.29. The first-order valence-corrected chi connectivity index (χ1v) is 10.9. The first kappa shape index (κ1) is 21.5. The van der Waals surface area contributed by atoms with Crippen LogP contribution in [0.25, 0.3) is 6.08 Å². The second-order valence-electron chi connectivity index (χ2n) is 7.98. The number of benzene rings is 3. The van der Waals surface area contributed by atoms with Crippen LogP contribution in [0.5, 0.6) is 23.0 Å². The number of Topliss-reactive ketones (excluding diaryl/α,β-unsaturated/α-hetero) is 2. The van der Waals surface area contributed by atoms with Crippen LogP contribution in [0.3, 0.4) is 0 Å². The third kappa shape index (κ3) is 4.18. The van der Waals surface area contributed by atoms with Crippen LogP contribution >= 0.6 is 0 Å². The fourth-order valence-corrected chi connectivity index (χ4v) is 3.84. The molecule has 0 N–H and O–H groups in total. The lowest BCUT2D eigenvalue weighted by atomic mass is 10.0. The van der Waals surface area contributed by atoms with Crippen molar-refractivity contribution in [1.29, 1.82) is 0 Å². The molecule has 2 aliphatic rings. The third-order valence-corrected chi connectivity index (χ3v) is 5.74. The van der Waals surface area contributed by atoms with E-state index in [9.17, 15) is 9.59 Å². The van der Waals surface area contributed by atoms with Gasteiger partial charge in [0.2, 0.25) is 5.78 Å². The van der Waals surface area contributed by atoms with Gasteiger partial charge in [0.1, 0.15) is 29.1 Å². The highest BCUT2D eigenvalue weighted by atomic mass is 16.5. The van der Waals surface area contributed by atoms with Crippen LogP contribution in [-0.4, -0.2) is 31.4 Å². The summed E-state index contributed by atoms with van der Waals surface area (Å²) < 4.78 is 22.6. The first-order chi connectivity index (χ1) is 16.5. The minimum Gasteiger partial charge on any atom is -0.497 e. The summed E-state index contributed by atoms with van der Waals surface area (Å²) in [5.41, 5.74) is 2.77. The molecule has 3 aromatic carbocycles. The summed E-state index contributed by atoms with van der Waals surface area (Å²) in [4.78, 5) is 25.3. The minimum atomic E-state index is -0.217. The van der Waals surface area contributed by atoms with E-state index in [1.54, 1.807) is 55.7 Å². The molecule has 0 fully saturated rings. The fourth-order valence-electron chi connectivity index (χ4n) is 3.84. The van der Waals surface area contributed by atoms with Gasteiger partial charge in [0.05, 0.1) is 12.7 Å². The molecule has 0 amide bonds. The highest BCUT2D eigenvalue weighted by molar-refractivity contribution is 6.12. The van der Waals surface area contributed by atoms with Gasteiger partial charge in [-0.2, -0.15) is 0 Å². The van der Waals surface area contributed by atoms with E-state index in [1.165, 1.54) is 0 Å². The number of fused-ring (bicyclic) bond motifs is 2. The number of allylic oxidation sites excluding steroid dienone is 1. The molecule has 0 saturated carbocycles. The molecule has 5 rings (SSSR count). The van der Waals surface area contributed by atoms with Crippen molar-refractivity contribution < 1.29 is 28.5 Å². The number of carbonyl (C=O) groups excluding carboxylic acids is 2. The van der Waals surface area contributed by atoms with Crippen molar-refractivity contribution in [2.45, 2.75) is 13.0 Å². The van der Waals surface area contributed by atoms with Gasteiger partial charge in [-0.25, -0.2) is 0 Å². The fraction of sp³-hybridized carbons (Fsp3) is 0.143. The van der Waals surface area contributed by atoms with Crippen LogP contribution in [0.1, 0.15) is 33.2 Å². The van der Waals surface area contributed by atoms with E-state index in [0.717, 1.165) is 16.9 Å². The van der Waals surface area contributed by atoms with Gasteiger partial charge in [0, 0.05) is 17.2 Å². The number of hydrogen-bond donors (Lipinski definition) is 0. The van der Waals surface area contributed by atoms with Crippen molar-refractivity contribution in [2.75, 3.05) is 13.7 Å². The van der Waals surface area contributed by atoms with Crippen LogP contribution in [0.2, 0.25) is 0 Å². The maximum Gasteiger partial charge on any atom is 0.231 e. The predicted molar refractivity (Wildman–Crippen MR) is 127 cm³/mol. The van der Waals surface area contributed by atoms with Gasteiger partial charge in [-0.05, 0) is 67.1 Å². The molecule has 1 atom stereocenters. The van der Waals surface area contributed by atoms with E-state index < -0.39 is 0 Å². The normalized spacial score (nSPS) is 17.2. The molecular formula is C28H22O6. The Morgan fingerprint density at radius 1 is 1.00 bits per heavy atom. The molecule has 2 aliphatic heterocycles. The number of hydrogen-bond acceptors (Lipinski definition) is 6. The molecule has 0 aliphatic carbocycles. The number of carbonyl (C=O) groups is 2. The Bertz CT molecular complexity index is 1330. The third-order valence-electron chi connectivity index (χ3n) is 5.74. The van der Waals surface area contributed by atoms with Crippen molar-refractivity contribution in [3.8, 4) is 23.0 Å². The Balaban J connectivity index is 1.30. The van der Waals surface area contributed by atoms with Crippen LogP contribution in [0.15, 0.2) is 84.1 Å². The number of para-hydroxylation sites is 1. The molecule has 6 heteroatoms. The lowest BCUT2D eigenvalue weighted by Crippen LogP contribution is -2.18. The van der Waals surface area contributed by atoms with Crippen LogP contribution in [-0.2, 0) is 0 Å². The smallest absolute Gasteiger partial charge is 0.231 e. The second-order valence-corrected chi connectivity index (χ2v) is 7.98. The largest absolute Gasteiger partial charge is 0.497 e. The second kappa shape index (κ2) is 8.90. The summed E-state index contributed by atoms with van der Waals surface area (Å²) >= 11 is 0. The molecule has 3 aromatic rings. The van der Waals surface area contributed by atoms with Gasteiger partial charge in [0.25, 0.3) is 0 Å². The van der Waals surface area contributed by atoms with E-state index in [1.807, 2.05) is 37.3 Å². The number of ketones is 2. The number of ether oxygens (including phenoxy) is 4. The van der Waals surface area contributed by atoms with E-state index in [2.05, 4.69) is 0 Å². The first-order valence-electron chi connectivity index (χ1n) is 10.9. The Labute approximate surface area is 197 Å². The van der Waals surface area contributed by atoms with Gasteiger partial charge in [-0.1, -0.05) is 18.2 Å². The van der Waals surface area contributed by atoms with Gasteiger partial charge in [-0.15, -0.1) is 0 Å². The monoisotopic (exact) mass is 454 g/mol. The van der Waals surface area contributed by atoms with Crippen LogP contribution in [0.4, 0.5) is 0 Å². The Morgan fingerprint density at radius 3 is 2.56 bits per heavy atom. The molecule has 0 bridgehead atoms. The molecule has 170 valence electrons. The molecule has 0 radical (unpaired) electrons. The lowest BCUT2D eigenvalue weighted by Gasteiger charge is -2.22. The van der Waals surface area contributed by atoms with Gasteiger partial charge < -0.3 is 18.9 Å². The molecule has 0 spiro atoms. The average molecular weight is 454 g/mol. The number of methoxy groups -OCH3 is 1. The predicted octanol–water partition coefficient (Wildman–Crippen LogP) is 5.28. The average Bonchev–Trinajstić information content (AvgIpc) is 3.17. The SMILES string of the molecule is COc1ccc(C(=O)COc2ccc3c(c2)O/C(=C\C2=Cc4ccccc4OC2C)C3=O)cc1. The summed E-state index contributed by atoms with van der Waals surface area (Å²) in [6, 6.07) is 19.5. The van der Waals surface area contributed by atoms with Crippen molar-refractivity contribution >= 4 is 17.6 Å². The van der Waals surface area contributed by atoms with Crippen LogP contribution < -0.4 is 18.9 Å². The van der Waals surface area contributed by atoms with Crippen molar-refractivity contribution in [2.24, 2.45) is 0 Å². The van der Waals surface area contributed by atoms with E-state index in [4.69, 9.17) is 18.9 Å². The zero-order chi connectivity index (χ0) is 23.7. The van der Waals surface area contributed by atoms with E-state index in [-0.39, 0.29) is 30.0 Å². The minimum absolute atomic E-state index is 0.136. The standard InChI is InChI=1S/C28H22O6/c1-17-20(13-19-5-3-4-6-25(19)33-17)14-27-28(30)23-12-11-22(15-26(23)34-27)32-16-24(29)18-7-9-21(31-2)10-8-18/h3-15,17H,16H2,1-2H3/b27-14-. The molecular weight excluding hydrogens is 432 g/mol. The summed E-state index contributed by atoms with van der Waals surface area (Å²) in [5, 5.41) is 0. The van der Waals surface area contributed by atoms with Crippen LogP contribution in [0, 0.1) is 0 Å². The zero-order valence-corrected chi connectivity index (χ0v) is 18.7. The highest BCUT2D eigenvalue weighted by Crippen LogP contribution is 2.36. The molecule has 2 heterocycles. The molecule has 34 heavy (non-hydrogen) atoms. The van der Waals surface area contributed by atoms with Gasteiger partial charge in [0.15, 0.2) is 18.1 Å². The molecule has 0 saturated heterocycles. The summed E-state index contributed by atoms with van der Waals surface area (Å²) in [5.74, 6) is 2.18. The maximum atomic E-state index is 12.9. The van der Waals surface area contributed by atoms with Crippen molar-refractivity contribution in [1.82, 2.24) is 0 Å². The summed E-state index contributed by atoms with van der Waals surface area (Å²) in [6.07, 6.45) is 3.50. The molecule has 6 nitrogen and oxygen atoms in total. The Morgan fingerprint density at radius 2 is 1.76 bits per heavy atom. The summed E-state index contributed by atoms with van der Waals surface area (Å²) in [7, 11) is 1.57. The summed E-state index contributed by atoms with van der Waals surface area (Å²) in [6.45, 7) is 1.79. The zero-order valence-electron chi connectivity index (χ0n) is 18.7. The number of rotatable bonds is 6. The topological polar surface area (TPSA) is 71.1 Å². The van der Waals surface area contributed by atoms with E-state index in [0.29, 0.717) is 28.4 Å². The Hall–Kier alpha value is -4.32. The molecule has 1 unspecified atom stereocenters. The van der Waals surface area contributed by atoms with Crippen molar-refractivity contribution in [3.05, 3.63) is 101 Å². The quantitative estimate of drug-likeness (QED) is 0.373. The van der Waals surface area contributed by atoms with Gasteiger partial charge >= 0.3 is 0 Å². The van der Waals surface area contributed by atoms with Gasteiger partial charge in [-0.3, -0.25) is 9.59 Å². The lowest BCUT2D eigenvalue weighted by molar-refractivity contribution is 0.0920. The Kier molecular flexibility index (Phi) is 5.64. The molecule has 0 aromatic heterocycles. The van der Waals surface area contributed by atoms with E-state index >= 15 is 0 Å². The van der Waals surface area contributed by atoms with Crippen molar-refractivity contribution in [3.63, 3.8) is 0 Å².